The Kier molecular flexibility index (Phi) is 5.16. The Morgan fingerprint density at radius 1 is 0.968 bits per heavy atom. The Bertz CT molecular complexity index is 1140. The molecule has 3 amide bonds. The van der Waals surface area contributed by atoms with Crippen LogP contribution in [-0.4, -0.2) is 40.1 Å². The smallest absolute Gasteiger partial charge is 0.261 e. The third-order valence-electron chi connectivity index (χ3n) is 5.84. The van der Waals surface area contributed by atoms with E-state index in [1.807, 2.05) is 52.7 Å². The lowest BCUT2D eigenvalue weighted by atomic mass is 10.0. The van der Waals surface area contributed by atoms with E-state index in [4.69, 9.17) is 0 Å². The SMILES string of the molecule is O=C1c2ccc(C(=O)N(Cc3cccs3)C3CC3)cc2C(=O)N1CCc1ccccc1. The molecule has 0 unspecified atom stereocenters. The zero-order chi connectivity index (χ0) is 21.4. The van der Waals surface area contributed by atoms with Crippen molar-refractivity contribution in [1.82, 2.24) is 9.80 Å². The number of hydrogen-bond acceptors (Lipinski definition) is 4. The molecule has 5 rings (SSSR count). The Morgan fingerprint density at radius 3 is 2.45 bits per heavy atom. The van der Waals surface area contributed by atoms with Gasteiger partial charge in [-0.3, -0.25) is 19.3 Å². The minimum Gasteiger partial charge on any atom is -0.331 e. The largest absolute Gasteiger partial charge is 0.331 e. The van der Waals surface area contributed by atoms with E-state index in [9.17, 15) is 14.4 Å². The van der Waals surface area contributed by atoms with Gasteiger partial charge in [-0.15, -0.1) is 11.3 Å². The summed E-state index contributed by atoms with van der Waals surface area (Å²) in [5, 5.41) is 2.01. The summed E-state index contributed by atoms with van der Waals surface area (Å²) in [6, 6.07) is 19.0. The van der Waals surface area contributed by atoms with Crippen LogP contribution in [0.1, 0.15) is 54.4 Å². The Morgan fingerprint density at radius 2 is 1.74 bits per heavy atom. The second-order valence-corrected chi connectivity index (χ2v) is 9.03. The number of fused-ring (bicyclic) bond motifs is 1. The fraction of sp³-hybridized carbons (Fsp3) is 0.240. The Hall–Kier alpha value is -3.25. The van der Waals surface area contributed by atoms with Crippen LogP contribution in [0.25, 0.3) is 0 Å². The van der Waals surface area contributed by atoms with Gasteiger partial charge in [0.1, 0.15) is 0 Å². The van der Waals surface area contributed by atoms with Gasteiger partial charge in [-0.05, 0) is 54.5 Å². The lowest BCUT2D eigenvalue weighted by Gasteiger charge is -2.22. The molecule has 2 aromatic carbocycles. The summed E-state index contributed by atoms with van der Waals surface area (Å²) < 4.78 is 0. The third kappa shape index (κ3) is 3.91. The highest BCUT2D eigenvalue weighted by atomic mass is 32.1. The second kappa shape index (κ2) is 8.12. The average Bonchev–Trinajstić information content (AvgIpc) is 3.45. The van der Waals surface area contributed by atoms with Crippen molar-refractivity contribution < 1.29 is 14.4 Å². The summed E-state index contributed by atoms with van der Waals surface area (Å²) in [7, 11) is 0. The van der Waals surface area contributed by atoms with Crippen LogP contribution in [0.2, 0.25) is 0 Å². The summed E-state index contributed by atoms with van der Waals surface area (Å²) in [6.07, 6.45) is 2.62. The molecule has 0 atom stereocenters. The highest BCUT2D eigenvalue weighted by Gasteiger charge is 2.37. The lowest BCUT2D eigenvalue weighted by Crippen LogP contribution is -2.32. The van der Waals surface area contributed by atoms with Gasteiger partial charge in [-0.1, -0.05) is 36.4 Å². The van der Waals surface area contributed by atoms with Crippen molar-refractivity contribution >= 4 is 29.1 Å². The van der Waals surface area contributed by atoms with Crippen molar-refractivity contribution in [1.29, 1.82) is 0 Å². The fourth-order valence-electron chi connectivity index (χ4n) is 4.00. The number of carbonyl (C=O) groups is 3. The summed E-state index contributed by atoms with van der Waals surface area (Å²) in [5.41, 5.74) is 2.25. The van der Waals surface area contributed by atoms with E-state index in [1.165, 1.54) is 4.90 Å². The first kappa shape index (κ1) is 19.7. The van der Waals surface area contributed by atoms with E-state index < -0.39 is 0 Å². The van der Waals surface area contributed by atoms with Gasteiger partial charge in [0.2, 0.25) is 0 Å². The molecule has 1 fully saturated rings. The normalized spacial score (nSPS) is 15.3. The summed E-state index contributed by atoms with van der Waals surface area (Å²) in [5.74, 6) is -0.684. The molecule has 6 heteroatoms. The first-order valence-electron chi connectivity index (χ1n) is 10.5. The highest BCUT2D eigenvalue weighted by Crippen LogP contribution is 2.32. The van der Waals surface area contributed by atoms with E-state index in [2.05, 4.69) is 0 Å². The quantitative estimate of drug-likeness (QED) is 0.523. The molecule has 0 N–H and O–H groups in total. The molecule has 2 heterocycles. The molecule has 1 aliphatic carbocycles. The maximum atomic E-state index is 13.3. The van der Waals surface area contributed by atoms with Crippen LogP contribution >= 0.6 is 11.3 Å². The zero-order valence-corrected chi connectivity index (χ0v) is 17.8. The maximum absolute atomic E-state index is 13.3. The molecule has 0 spiro atoms. The number of imide groups is 1. The van der Waals surface area contributed by atoms with E-state index in [-0.39, 0.29) is 23.8 Å². The summed E-state index contributed by atoms with van der Waals surface area (Å²) in [6.45, 7) is 0.903. The Labute approximate surface area is 184 Å². The van der Waals surface area contributed by atoms with E-state index >= 15 is 0 Å². The number of benzene rings is 2. The molecule has 1 aromatic heterocycles. The predicted octanol–water partition coefficient (Wildman–Crippen LogP) is 4.39. The van der Waals surface area contributed by atoms with Crippen molar-refractivity contribution in [2.45, 2.75) is 31.8 Å². The number of amides is 3. The van der Waals surface area contributed by atoms with Crippen LogP contribution in [0.5, 0.6) is 0 Å². The predicted molar refractivity (Wildman–Crippen MR) is 119 cm³/mol. The minimum atomic E-state index is -0.318. The van der Waals surface area contributed by atoms with Crippen LogP contribution in [-0.2, 0) is 13.0 Å². The topological polar surface area (TPSA) is 57.7 Å². The number of rotatable bonds is 7. The van der Waals surface area contributed by atoms with Crippen LogP contribution < -0.4 is 0 Å². The van der Waals surface area contributed by atoms with Gasteiger partial charge in [0.15, 0.2) is 0 Å². The molecule has 0 bridgehead atoms. The van der Waals surface area contributed by atoms with Crippen molar-refractivity contribution in [3.8, 4) is 0 Å². The van der Waals surface area contributed by atoms with Crippen LogP contribution in [0.3, 0.4) is 0 Å². The first-order chi connectivity index (χ1) is 15.1. The van der Waals surface area contributed by atoms with Gasteiger partial charge in [0.05, 0.1) is 17.7 Å². The maximum Gasteiger partial charge on any atom is 0.261 e. The first-order valence-corrected chi connectivity index (χ1v) is 11.4. The molecule has 3 aromatic rings. The fourth-order valence-corrected chi connectivity index (χ4v) is 4.70. The third-order valence-corrected chi connectivity index (χ3v) is 6.70. The van der Waals surface area contributed by atoms with Crippen molar-refractivity contribution in [2.24, 2.45) is 0 Å². The highest BCUT2D eigenvalue weighted by molar-refractivity contribution is 7.09. The number of carbonyl (C=O) groups excluding carboxylic acids is 3. The molecule has 1 saturated carbocycles. The molecule has 31 heavy (non-hydrogen) atoms. The average molecular weight is 431 g/mol. The van der Waals surface area contributed by atoms with E-state index in [0.717, 1.165) is 23.3 Å². The zero-order valence-electron chi connectivity index (χ0n) is 17.0. The standard InChI is InChI=1S/C25H22N2O3S/c28-23(27(19-9-10-19)16-20-7-4-14-31-20)18-8-11-21-22(15-18)25(30)26(24(21)29)13-12-17-5-2-1-3-6-17/h1-8,11,14-15,19H,9-10,12-13,16H2. The van der Waals surface area contributed by atoms with Gasteiger partial charge < -0.3 is 4.90 Å². The molecule has 0 radical (unpaired) electrons. The van der Waals surface area contributed by atoms with Crippen LogP contribution in [0, 0.1) is 0 Å². The van der Waals surface area contributed by atoms with Gasteiger partial charge in [-0.2, -0.15) is 0 Å². The molecule has 156 valence electrons. The molecule has 5 nitrogen and oxygen atoms in total. The molecule has 1 aliphatic heterocycles. The Balaban J connectivity index is 1.35. The molecular formula is C25H22N2O3S. The number of nitrogens with zero attached hydrogens (tertiary/aromatic N) is 2. The minimum absolute atomic E-state index is 0.0818. The van der Waals surface area contributed by atoms with E-state index in [1.54, 1.807) is 29.5 Å². The molecular weight excluding hydrogens is 408 g/mol. The van der Waals surface area contributed by atoms with Crippen LogP contribution in [0.4, 0.5) is 0 Å². The summed E-state index contributed by atoms with van der Waals surface area (Å²) >= 11 is 1.63. The van der Waals surface area contributed by atoms with E-state index in [0.29, 0.717) is 36.2 Å². The monoisotopic (exact) mass is 430 g/mol. The van der Waals surface area contributed by atoms with Gasteiger partial charge in [0, 0.05) is 23.0 Å². The van der Waals surface area contributed by atoms with Gasteiger partial charge >= 0.3 is 0 Å². The van der Waals surface area contributed by atoms with Gasteiger partial charge in [0.25, 0.3) is 17.7 Å². The number of hydrogen-bond donors (Lipinski definition) is 0. The van der Waals surface area contributed by atoms with Gasteiger partial charge in [-0.25, -0.2) is 0 Å². The lowest BCUT2D eigenvalue weighted by molar-refractivity contribution is 0.0655. The van der Waals surface area contributed by atoms with Crippen molar-refractivity contribution in [3.63, 3.8) is 0 Å². The molecule has 2 aliphatic rings. The van der Waals surface area contributed by atoms with Crippen LogP contribution in [0.15, 0.2) is 66.0 Å². The van der Waals surface area contributed by atoms with Crippen molar-refractivity contribution in [2.75, 3.05) is 6.54 Å². The molecule has 0 saturated heterocycles. The summed E-state index contributed by atoms with van der Waals surface area (Å²) in [4.78, 5) is 43.3. The second-order valence-electron chi connectivity index (χ2n) is 8.00. The van der Waals surface area contributed by atoms with Crippen molar-refractivity contribution in [3.05, 3.63) is 93.2 Å². The number of thiophene rings is 1.